The molecule has 0 fully saturated rings. The molecule has 0 unspecified atom stereocenters. The smallest absolute Gasteiger partial charge is 0.217 e. The molecule has 0 saturated heterocycles. The summed E-state index contributed by atoms with van der Waals surface area (Å²) in [7, 11) is 1.64. The number of methoxy groups -OCH3 is 1. The van der Waals surface area contributed by atoms with Crippen LogP contribution in [0.25, 0.3) is 38.5 Å². The summed E-state index contributed by atoms with van der Waals surface area (Å²) in [6, 6.07) is 28.1. The Hall–Kier alpha value is -3.89. The summed E-state index contributed by atoms with van der Waals surface area (Å²) < 4.78 is 13.5. The monoisotopic (exact) mass is 627 g/mol. The molecule has 6 nitrogen and oxygen atoms in total. The van der Waals surface area contributed by atoms with E-state index in [-0.39, 0.29) is 26.8 Å². The van der Waals surface area contributed by atoms with Crippen molar-refractivity contribution in [3.05, 3.63) is 91.1 Å². The molecule has 34 heavy (non-hydrogen) atoms. The van der Waals surface area contributed by atoms with Crippen LogP contribution in [0.1, 0.15) is 0 Å². The molecule has 0 aliphatic carbocycles. The summed E-state index contributed by atoms with van der Waals surface area (Å²) in [5.41, 5.74) is 2.33. The van der Waals surface area contributed by atoms with Crippen LogP contribution in [0.3, 0.4) is 0 Å². The fourth-order valence-electron chi connectivity index (χ4n) is 4.10. The maximum atomic E-state index is 10.1. The average Bonchev–Trinajstić information content (AvgIpc) is 3.18. The van der Waals surface area contributed by atoms with Crippen LogP contribution >= 0.6 is 0 Å². The fourth-order valence-corrected chi connectivity index (χ4v) is 4.10. The molecule has 170 valence electrons. The van der Waals surface area contributed by atoms with Crippen LogP contribution in [-0.2, 0) is 21.1 Å². The third kappa shape index (κ3) is 3.66. The van der Waals surface area contributed by atoms with E-state index in [0.29, 0.717) is 17.1 Å². The van der Waals surface area contributed by atoms with E-state index in [1.54, 1.807) is 31.5 Å². The number of hydrogen-bond donors (Lipinski definition) is 1. The van der Waals surface area contributed by atoms with Gasteiger partial charge in [0, 0.05) is 56.0 Å². The Morgan fingerprint density at radius 3 is 2.68 bits per heavy atom. The molecule has 6 rings (SSSR count). The number of benzene rings is 3. The molecule has 0 amide bonds. The number of phenolic OH excluding ortho intramolecular Hbond substituents is 1. The van der Waals surface area contributed by atoms with E-state index in [1.807, 2.05) is 53.1 Å². The van der Waals surface area contributed by atoms with Crippen molar-refractivity contribution in [2.45, 2.75) is 0 Å². The molecule has 0 spiro atoms. The van der Waals surface area contributed by atoms with Gasteiger partial charge in [-0.1, -0.05) is 35.8 Å². The minimum Gasteiger partial charge on any atom is -0.506 e. The van der Waals surface area contributed by atoms with Crippen LogP contribution in [0.4, 0.5) is 0 Å². The number of rotatable bonds is 4. The number of para-hydroxylation sites is 2. The first kappa shape index (κ1) is 21.9. The van der Waals surface area contributed by atoms with Crippen LogP contribution in [-0.4, -0.2) is 26.8 Å². The number of hydrogen-bond acceptors (Lipinski definition) is 5. The van der Waals surface area contributed by atoms with E-state index in [9.17, 15) is 5.11 Å². The van der Waals surface area contributed by atoms with Crippen molar-refractivity contribution in [2.75, 3.05) is 7.11 Å². The van der Waals surface area contributed by atoms with Gasteiger partial charge < -0.3 is 19.1 Å². The van der Waals surface area contributed by atoms with Crippen LogP contribution in [0, 0.1) is 6.07 Å². The Morgan fingerprint density at radius 1 is 0.912 bits per heavy atom. The van der Waals surface area contributed by atoms with Gasteiger partial charge in [-0.3, -0.25) is 0 Å². The van der Waals surface area contributed by atoms with Crippen molar-refractivity contribution >= 4 is 32.7 Å². The first-order chi connectivity index (χ1) is 16.2. The van der Waals surface area contributed by atoms with Gasteiger partial charge in [-0.25, -0.2) is 9.97 Å². The van der Waals surface area contributed by atoms with Crippen LogP contribution in [0.2, 0.25) is 0 Å². The van der Waals surface area contributed by atoms with Crippen molar-refractivity contribution < 1.29 is 35.6 Å². The number of aromatic hydroxyl groups is 1. The Labute approximate surface area is 209 Å². The first-order valence-electron chi connectivity index (χ1n) is 10.4. The van der Waals surface area contributed by atoms with E-state index >= 15 is 0 Å². The zero-order chi connectivity index (χ0) is 22.4. The number of phenols is 1. The second-order valence-electron chi connectivity index (χ2n) is 7.59. The summed E-state index contributed by atoms with van der Waals surface area (Å²) in [4.78, 5) is 9.04. The minimum absolute atomic E-state index is 0. The Kier molecular flexibility index (Phi) is 5.68. The number of pyridine rings is 2. The van der Waals surface area contributed by atoms with Gasteiger partial charge in [0.1, 0.15) is 22.8 Å². The molecule has 3 aromatic heterocycles. The molecular formula is C27H18N3O3Pt-. The van der Waals surface area contributed by atoms with Crippen molar-refractivity contribution in [3.8, 4) is 28.9 Å². The third-order valence-electron chi connectivity index (χ3n) is 5.63. The van der Waals surface area contributed by atoms with E-state index in [1.165, 1.54) is 0 Å². The second kappa shape index (κ2) is 8.80. The third-order valence-corrected chi connectivity index (χ3v) is 5.63. The summed E-state index contributed by atoms with van der Waals surface area (Å²) >= 11 is 0. The molecule has 0 radical (unpaired) electrons. The Balaban J connectivity index is 0.00000241. The molecule has 0 aliphatic rings. The number of fused-ring (bicyclic) bond motifs is 4. The molecule has 3 aromatic carbocycles. The van der Waals surface area contributed by atoms with Gasteiger partial charge in [0.05, 0.1) is 7.11 Å². The van der Waals surface area contributed by atoms with E-state index in [4.69, 9.17) is 9.47 Å². The molecule has 0 atom stereocenters. The predicted octanol–water partition coefficient (Wildman–Crippen LogP) is 6.03. The Morgan fingerprint density at radius 2 is 1.79 bits per heavy atom. The zero-order valence-corrected chi connectivity index (χ0v) is 20.3. The number of ether oxygens (including phenoxy) is 2. The van der Waals surface area contributed by atoms with Gasteiger partial charge >= 0.3 is 0 Å². The summed E-state index contributed by atoms with van der Waals surface area (Å²) in [5.74, 6) is 2.45. The normalized spacial score (nSPS) is 11.0. The molecule has 7 heteroatoms. The first-order valence-corrected chi connectivity index (χ1v) is 10.4. The van der Waals surface area contributed by atoms with Crippen molar-refractivity contribution in [1.82, 2.24) is 14.5 Å². The van der Waals surface area contributed by atoms with Crippen molar-refractivity contribution in [3.63, 3.8) is 0 Å². The molecule has 0 saturated carbocycles. The van der Waals surface area contributed by atoms with Gasteiger partial charge in [0.15, 0.2) is 0 Å². The Bertz CT molecular complexity index is 1660. The van der Waals surface area contributed by atoms with Crippen LogP contribution in [0.15, 0.2) is 85.1 Å². The van der Waals surface area contributed by atoms with Gasteiger partial charge in [-0.15, -0.1) is 17.5 Å². The van der Waals surface area contributed by atoms with Crippen LogP contribution < -0.4 is 9.47 Å². The zero-order valence-electron chi connectivity index (χ0n) is 18.0. The quantitative estimate of drug-likeness (QED) is 0.242. The van der Waals surface area contributed by atoms with Gasteiger partial charge in [-0.2, -0.15) is 6.07 Å². The molecule has 0 bridgehead atoms. The summed E-state index contributed by atoms with van der Waals surface area (Å²) in [6.45, 7) is 0. The topological polar surface area (TPSA) is 69.4 Å². The minimum atomic E-state index is 0. The number of nitrogens with zero attached hydrogens (tertiary/aromatic N) is 3. The van der Waals surface area contributed by atoms with Crippen molar-refractivity contribution in [2.24, 2.45) is 0 Å². The molecule has 3 heterocycles. The van der Waals surface area contributed by atoms with Crippen molar-refractivity contribution in [1.29, 1.82) is 0 Å². The van der Waals surface area contributed by atoms with E-state index in [2.05, 4.69) is 28.2 Å². The molecule has 0 aliphatic heterocycles. The molecule has 6 aromatic rings. The maximum Gasteiger partial charge on any atom is 0.217 e. The fraction of sp³-hybridized carbons (Fsp3) is 0.0370. The van der Waals surface area contributed by atoms with Gasteiger partial charge in [-0.05, 0) is 29.7 Å². The van der Waals surface area contributed by atoms with E-state index < -0.39 is 0 Å². The largest absolute Gasteiger partial charge is 0.506 e. The molecule has 1 N–H and O–H groups in total. The summed E-state index contributed by atoms with van der Waals surface area (Å²) in [6.07, 6.45) is 1.72. The van der Waals surface area contributed by atoms with Crippen LogP contribution in [0.5, 0.6) is 23.1 Å². The molecular weight excluding hydrogens is 609 g/mol. The predicted molar refractivity (Wildman–Crippen MR) is 127 cm³/mol. The maximum absolute atomic E-state index is 10.1. The summed E-state index contributed by atoms with van der Waals surface area (Å²) in [5, 5.41) is 13.1. The second-order valence-corrected chi connectivity index (χ2v) is 7.59. The van der Waals surface area contributed by atoms with E-state index in [0.717, 1.165) is 38.8 Å². The van der Waals surface area contributed by atoms with Gasteiger partial charge in [0.2, 0.25) is 5.88 Å². The number of aromatic nitrogens is 3. The standard InChI is InChI=1S/C27H18N3O3.Pt/c1-32-18-13-14-28-25(16-18)30-22-7-3-2-6-20(22)21-11-10-19(15-23(21)30)33-26-12-9-17-5-4-8-24(31)27(17)29-26;/h2-14,16,31H,1H3;/q-1;. The average molecular weight is 628 g/mol. The SMILES string of the molecule is COc1ccnc(-n2c3[c-]c(Oc4ccc5cccc(O)c5n4)ccc3c3ccccc32)c1.[Pt]. The van der Waals surface area contributed by atoms with Gasteiger partial charge in [0.25, 0.3) is 0 Å².